The Balaban J connectivity index is 1.79. The Bertz CT molecular complexity index is 702. The lowest BCUT2D eigenvalue weighted by Crippen LogP contribution is -2.21. The quantitative estimate of drug-likeness (QED) is 0.891. The van der Waals surface area contributed by atoms with E-state index in [2.05, 4.69) is 46.2 Å². The van der Waals surface area contributed by atoms with Crippen LogP contribution in [-0.4, -0.2) is 23.1 Å². The van der Waals surface area contributed by atoms with Crippen LogP contribution in [-0.2, 0) is 12.8 Å². The lowest BCUT2D eigenvalue weighted by molar-refractivity contribution is 0.866. The van der Waals surface area contributed by atoms with Crippen molar-refractivity contribution in [3.05, 3.63) is 45.9 Å². The Morgan fingerprint density at radius 3 is 2.59 bits per heavy atom. The van der Waals surface area contributed by atoms with Crippen molar-refractivity contribution in [2.45, 2.75) is 33.1 Å². The molecule has 0 saturated carbocycles. The van der Waals surface area contributed by atoms with Crippen molar-refractivity contribution in [3.8, 4) is 0 Å². The van der Waals surface area contributed by atoms with Crippen LogP contribution in [0.15, 0.2) is 29.1 Å². The van der Waals surface area contributed by atoms with Gasteiger partial charge in [-0.1, -0.05) is 0 Å². The minimum atomic E-state index is -0.00948. The molecular weight excluding hydrogens is 276 g/mol. The van der Waals surface area contributed by atoms with E-state index in [0.29, 0.717) is 5.95 Å². The third-order valence-corrected chi connectivity index (χ3v) is 4.20. The number of fused-ring (bicyclic) bond motifs is 1. The van der Waals surface area contributed by atoms with E-state index in [4.69, 9.17) is 0 Å². The molecule has 1 heterocycles. The lowest BCUT2D eigenvalue weighted by atomic mass is 10.2. The van der Waals surface area contributed by atoms with Crippen LogP contribution in [0.5, 0.6) is 0 Å². The zero-order chi connectivity index (χ0) is 15.5. The van der Waals surface area contributed by atoms with Gasteiger partial charge in [0, 0.05) is 30.0 Å². The molecule has 5 heteroatoms. The predicted octanol–water partition coefficient (Wildman–Crippen LogP) is 2.85. The number of nitrogens with one attached hydrogen (secondary N) is 2. The van der Waals surface area contributed by atoms with Gasteiger partial charge in [-0.15, -0.1) is 0 Å². The second-order valence-corrected chi connectivity index (χ2v) is 5.54. The maximum absolute atomic E-state index is 12.0. The van der Waals surface area contributed by atoms with Crippen molar-refractivity contribution in [3.63, 3.8) is 0 Å². The molecule has 0 saturated heterocycles. The summed E-state index contributed by atoms with van der Waals surface area (Å²) in [5.74, 6) is 0.529. The van der Waals surface area contributed by atoms with Crippen LogP contribution in [0.25, 0.3) is 0 Å². The van der Waals surface area contributed by atoms with Gasteiger partial charge in [-0.25, -0.2) is 4.98 Å². The number of H-pyrrole nitrogens is 1. The van der Waals surface area contributed by atoms with Gasteiger partial charge < -0.3 is 10.2 Å². The molecule has 0 amide bonds. The van der Waals surface area contributed by atoms with Crippen LogP contribution in [0.4, 0.5) is 17.3 Å². The number of aromatic amines is 1. The van der Waals surface area contributed by atoms with E-state index >= 15 is 0 Å². The first-order valence-electron chi connectivity index (χ1n) is 7.95. The van der Waals surface area contributed by atoms with Crippen molar-refractivity contribution in [1.82, 2.24) is 9.97 Å². The highest BCUT2D eigenvalue weighted by molar-refractivity contribution is 5.59. The van der Waals surface area contributed by atoms with E-state index in [-0.39, 0.29) is 5.56 Å². The average Bonchev–Trinajstić information content (AvgIpc) is 2.99. The van der Waals surface area contributed by atoms with Crippen LogP contribution in [0.3, 0.4) is 0 Å². The lowest BCUT2D eigenvalue weighted by Gasteiger charge is -2.21. The summed E-state index contributed by atoms with van der Waals surface area (Å²) in [5.41, 5.74) is 3.90. The number of nitrogens with zero attached hydrogens (tertiary/aromatic N) is 2. The molecule has 22 heavy (non-hydrogen) atoms. The maximum atomic E-state index is 12.0. The topological polar surface area (TPSA) is 61.0 Å². The summed E-state index contributed by atoms with van der Waals surface area (Å²) < 4.78 is 0. The monoisotopic (exact) mass is 298 g/mol. The smallest absolute Gasteiger partial charge is 0.255 e. The van der Waals surface area contributed by atoms with Crippen molar-refractivity contribution in [1.29, 1.82) is 0 Å². The van der Waals surface area contributed by atoms with Gasteiger partial charge in [-0.3, -0.25) is 9.78 Å². The number of benzene rings is 1. The Kier molecular flexibility index (Phi) is 4.13. The number of rotatable bonds is 5. The molecule has 0 radical (unpaired) electrons. The molecule has 3 rings (SSSR count). The van der Waals surface area contributed by atoms with Gasteiger partial charge >= 0.3 is 0 Å². The van der Waals surface area contributed by atoms with Gasteiger partial charge in [0.15, 0.2) is 0 Å². The second kappa shape index (κ2) is 6.22. The molecule has 0 bridgehead atoms. The van der Waals surface area contributed by atoms with Crippen molar-refractivity contribution in [2.75, 3.05) is 23.3 Å². The number of hydrogen-bond donors (Lipinski definition) is 2. The largest absolute Gasteiger partial charge is 0.372 e. The highest BCUT2D eigenvalue weighted by Gasteiger charge is 2.17. The Morgan fingerprint density at radius 1 is 1.18 bits per heavy atom. The molecule has 1 aliphatic rings. The molecule has 0 fully saturated rings. The first kappa shape index (κ1) is 14.6. The van der Waals surface area contributed by atoms with Gasteiger partial charge in [-0.05, 0) is 57.4 Å². The molecule has 0 spiro atoms. The van der Waals surface area contributed by atoms with Gasteiger partial charge in [-0.2, -0.15) is 0 Å². The van der Waals surface area contributed by atoms with Gasteiger partial charge in [0.1, 0.15) is 0 Å². The molecule has 116 valence electrons. The first-order valence-corrected chi connectivity index (χ1v) is 7.95. The van der Waals surface area contributed by atoms with Crippen LogP contribution < -0.4 is 15.8 Å². The highest BCUT2D eigenvalue weighted by Crippen LogP contribution is 2.21. The summed E-state index contributed by atoms with van der Waals surface area (Å²) in [6.07, 6.45) is 2.76. The van der Waals surface area contributed by atoms with Crippen LogP contribution >= 0.6 is 0 Å². The maximum Gasteiger partial charge on any atom is 0.255 e. The SMILES string of the molecule is CCN(CC)c1ccc(Nc2nc3c(c(=O)[nH]2)CCC3)cc1. The standard InChI is InChI=1S/C17H22N4O/c1-3-21(4-2)13-10-8-12(9-11-13)18-17-19-15-7-5-6-14(15)16(22)20-17/h8-11H,3-7H2,1-2H3,(H2,18,19,20,22). The molecule has 1 aliphatic carbocycles. The minimum absolute atomic E-state index is 0.00948. The molecule has 0 aliphatic heterocycles. The molecule has 0 atom stereocenters. The van der Waals surface area contributed by atoms with E-state index in [9.17, 15) is 4.79 Å². The summed E-state index contributed by atoms with van der Waals surface area (Å²) in [4.78, 5) is 21.6. The number of aromatic nitrogens is 2. The Labute approximate surface area is 130 Å². The molecule has 1 aromatic heterocycles. The zero-order valence-electron chi connectivity index (χ0n) is 13.1. The van der Waals surface area contributed by atoms with Crippen molar-refractivity contribution in [2.24, 2.45) is 0 Å². The third kappa shape index (κ3) is 2.84. The first-order chi connectivity index (χ1) is 10.7. The third-order valence-electron chi connectivity index (χ3n) is 4.20. The van der Waals surface area contributed by atoms with Crippen LogP contribution in [0.2, 0.25) is 0 Å². The number of hydrogen-bond acceptors (Lipinski definition) is 4. The molecule has 1 aromatic carbocycles. The van der Waals surface area contributed by atoms with Gasteiger partial charge in [0.2, 0.25) is 5.95 Å². The Hall–Kier alpha value is -2.30. The second-order valence-electron chi connectivity index (χ2n) is 5.54. The van der Waals surface area contributed by atoms with E-state index < -0.39 is 0 Å². The molecule has 5 nitrogen and oxygen atoms in total. The summed E-state index contributed by atoms with van der Waals surface area (Å²) in [6, 6.07) is 8.20. The predicted molar refractivity (Wildman–Crippen MR) is 90.2 cm³/mol. The molecule has 2 N–H and O–H groups in total. The fraction of sp³-hybridized carbons (Fsp3) is 0.412. The molecule has 2 aromatic rings. The zero-order valence-corrected chi connectivity index (χ0v) is 13.1. The van der Waals surface area contributed by atoms with E-state index in [1.165, 1.54) is 5.69 Å². The highest BCUT2D eigenvalue weighted by atomic mass is 16.1. The number of anilines is 3. The summed E-state index contributed by atoms with van der Waals surface area (Å²) in [6.45, 7) is 6.27. The van der Waals surface area contributed by atoms with Crippen molar-refractivity contribution >= 4 is 17.3 Å². The van der Waals surface area contributed by atoms with Crippen molar-refractivity contribution < 1.29 is 0 Å². The average molecular weight is 298 g/mol. The molecular formula is C17H22N4O. The van der Waals surface area contributed by atoms with Crippen LogP contribution in [0, 0.1) is 0 Å². The van der Waals surface area contributed by atoms with Gasteiger partial charge in [0.05, 0.1) is 5.69 Å². The summed E-state index contributed by atoms with van der Waals surface area (Å²) in [5, 5.41) is 3.19. The summed E-state index contributed by atoms with van der Waals surface area (Å²) >= 11 is 0. The molecule has 0 unspecified atom stereocenters. The minimum Gasteiger partial charge on any atom is -0.372 e. The normalized spacial score (nSPS) is 13.0. The van der Waals surface area contributed by atoms with E-state index in [0.717, 1.165) is 49.3 Å². The van der Waals surface area contributed by atoms with E-state index in [1.807, 2.05) is 12.1 Å². The Morgan fingerprint density at radius 2 is 1.91 bits per heavy atom. The number of aryl methyl sites for hydroxylation is 1. The van der Waals surface area contributed by atoms with E-state index in [1.54, 1.807) is 0 Å². The fourth-order valence-electron chi connectivity index (χ4n) is 2.98. The van der Waals surface area contributed by atoms with Gasteiger partial charge in [0.25, 0.3) is 5.56 Å². The van der Waals surface area contributed by atoms with Crippen LogP contribution in [0.1, 0.15) is 31.5 Å². The fourth-order valence-corrected chi connectivity index (χ4v) is 2.98. The summed E-state index contributed by atoms with van der Waals surface area (Å²) in [7, 11) is 0.